The van der Waals surface area contributed by atoms with Crippen LogP contribution in [0.5, 0.6) is 0 Å². The Morgan fingerprint density at radius 1 is 0.830 bits per heavy atom. The van der Waals surface area contributed by atoms with E-state index in [2.05, 4.69) is 14.8 Å². The Hall–Kier alpha value is -5.85. The molecular weight excluding hydrogens is 669 g/mol. The summed E-state index contributed by atoms with van der Waals surface area (Å²) in [5.74, 6) is -0.706. The topological polar surface area (TPSA) is 128 Å². The van der Waals surface area contributed by atoms with E-state index in [-0.39, 0.29) is 24.3 Å². The Kier molecular flexibility index (Phi) is 11.3. The van der Waals surface area contributed by atoms with Gasteiger partial charge in [0, 0.05) is 114 Å². The summed E-state index contributed by atoms with van der Waals surface area (Å²) in [6, 6.07) is 18.5. The smallest absolute Gasteiger partial charge is 0.261 e. The number of imide groups is 1. The number of nitrogens with zero attached hydrogens (tertiary/aromatic N) is 7. The van der Waals surface area contributed by atoms with Gasteiger partial charge in [-0.1, -0.05) is 30.3 Å². The minimum absolute atomic E-state index is 0.152. The lowest BCUT2D eigenvalue weighted by atomic mass is 9.93. The van der Waals surface area contributed by atoms with Crippen LogP contribution in [0.2, 0.25) is 0 Å². The van der Waals surface area contributed by atoms with Gasteiger partial charge in [0.05, 0.1) is 12.0 Å². The van der Waals surface area contributed by atoms with Crippen molar-refractivity contribution >= 4 is 51.2 Å². The number of carbonyl (C=O) groups excluding carboxylic acids is 4. The van der Waals surface area contributed by atoms with Crippen molar-refractivity contribution < 1.29 is 19.2 Å². The molecule has 0 bridgehead atoms. The normalized spacial score (nSPS) is 12.9. The summed E-state index contributed by atoms with van der Waals surface area (Å²) < 4.78 is 1.88. The van der Waals surface area contributed by atoms with Crippen LogP contribution in [-0.2, 0) is 0 Å². The van der Waals surface area contributed by atoms with Crippen molar-refractivity contribution in [2.45, 2.75) is 13.3 Å². The van der Waals surface area contributed by atoms with E-state index >= 15 is 0 Å². The predicted molar refractivity (Wildman–Crippen MR) is 209 cm³/mol. The molecule has 1 aliphatic rings. The zero-order valence-corrected chi connectivity index (χ0v) is 30.7. The maximum absolute atomic E-state index is 13.7. The summed E-state index contributed by atoms with van der Waals surface area (Å²) >= 11 is 0. The van der Waals surface area contributed by atoms with Crippen molar-refractivity contribution in [2.75, 3.05) is 71.9 Å². The van der Waals surface area contributed by atoms with Gasteiger partial charge in [0.1, 0.15) is 0 Å². The summed E-state index contributed by atoms with van der Waals surface area (Å²) in [6.07, 6.45) is 10.2. The Morgan fingerprint density at radius 2 is 1.55 bits per heavy atom. The molecule has 3 amide bonds. The molecular formula is C41H46N8O4. The van der Waals surface area contributed by atoms with Crippen LogP contribution in [0.15, 0.2) is 91.8 Å². The standard InChI is InChI=1S/C41H46N8O4/c1-5-47(21-17-42)35-15-13-33(37-29(27-50)9-6-10-30(35)37)39(51)46(4)25-23-44(2)19-8-20-45(3)24-26-49-40(52)32-12-7-11-31-36(48-22-18-43-28-48)16-14-34(38(31)32)41(49)53/h6-7,9-18,21-22,27-28H,5,8,19-20,23-26,42H2,1-4H3/b21-17-. The number of hydrogen-bond acceptors (Lipinski definition) is 9. The maximum atomic E-state index is 13.7. The fourth-order valence-electron chi connectivity index (χ4n) is 7.10. The molecule has 12 nitrogen and oxygen atoms in total. The van der Waals surface area contributed by atoms with Crippen LogP contribution in [0.25, 0.3) is 27.2 Å². The van der Waals surface area contributed by atoms with E-state index in [9.17, 15) is 19.2 Å². The first-order valence-electron chi connectivity index (χ1n) is 17.9. The lowest BCUT2D eigenvalue weighted by molar-refractivity contribution is 0.0596. The minimum Gasteiger partial charge on any atom is -0.403 e. The Bertz CT molecular complexity index is 2160. The van der Waals surface area contributed by atoms with Gasteiger partial charge >= 0.3 is 0 Å². The van der Waals surface area contributed by atoms with Crippen LogP contribution in [0.3, 0.4) is 0 Å². The highest BCUT2D eigenvalue weighted by Crippen LogP contribution is 2.34. The van der Waals surface area contributed by atoms with Crippen LogP contribution in [0.1, 0.15) is 54.8 Å². The Balaban J connectivity index is 1.01. The van der Waals surface area contributed by atoms with E-state index in [0.29, 0.717) is 59.2 Å². The third kappa shape index (κ3) is 7.41. The van der Waals surface area contributed by atoms with E-state index in [1.807, 2.05) is 73.1 Å². The molecule has 2 N–H and O–H groups in total. The fraction of sp³-hybridized carbons (Fsp3) is 0.293. The second-order valence-corrected chi connectivity index (χ2v) is 13.4. The van der Waals surface area contributed by atoms with Crippen molar-refractivity contribution in [3.05, 3.63) is 114 Å². The van der Waals surface area contributed by atoms with Gasteiger partial charge in [-0.25, -0.2) is 4.98 Å². The molecule has 0 unspecified atom stereocenters. The number of imidazole rings is 1. The van der Waals surface area contributed by atoms with Gasteiger partial charge in [0.25, 0.3) is 17.7 Å². The molecule has 4 aromatic carbocycles. The van der Waals surface area contributed by atoms with E-state index in [1.165, 1.54) is 11.1 Å². The number of aromatic nitrogens is 2. The maximum Gasteiger partial charge on any atom is 0.261 e. The number of fused-ring (bicyclic) bond motifs is 1. The molecule has 0 atom stereocenters. The molecule has 1 aliphatic heterocycles. The number of likely N-dealkylation sites (N-methyl/N-ethyl adjacent to an activating group) is 3. The SMILES string of the molecule is CCN(/C=C\N)c1ccc(C(=O)N(C)CCN(C)CCCN(C)CCN2C(=O)c3cccc4c(-n5ccnc5)ccc(c34)C2=O)c2c(C=O)cccc12. The van der Waals surface area contributed by atoms with Crippen LogP contribution in [-0.4, -0.2) is 120 Å². The third-order valence-electron chi connectivity index (χ3n) is 10.0. The van der Waals surface area contributed by atoms with Gasteiger partial charge < -0.3 is 29.9 Å². The predicted octanol–water partition coefficient (Wildman–Crippen LogP) is 4.87. The van der Waals surface area contributed by atoms with Crippen LogP contribution in [0.4, 0.5) is 5.69 Å². The highest BCUT2D eigenvalue weighted by molar-refractivity contribution is 6.26. The summed E-state index contributed by atoms with van der Waals surface area (Å²) in [6.45, 7) is 6.26. The van der Waals surface area contributed by atoms with E-state index in [1.54, 1.807) is 54.9 Å². The van der Waals surface area contributed by atoms with Crippen molar-refractivity contribution in [3.8, 4) is 5.69 Å². The van der Waals surface area contributed by atoms with Crippen LogP contribution >= 0.6 is 0 Å². The first kappa shape index (κ1) is 36.9. The molecule has 0 saturated heterocycles. The van der Waals surface area contributed by atoms with Crippen molar-refractivity contribution in [2.24, 2.45) is 5.73 Å². The Morgan fingerprint density at radius 3 is 2.25 bits per heavy atom. The molecule has 53 heavy (non-hydrogen) atoms. The monoisotopic (exact) mass is 714 g/mol. The number of amides is 3. The van der Waals surface area contributed by atoms with Gasteiger partial charge in [-0.2, -0.15) is 0 Å². The average Bonchev–Trinajstić information content (AvgIpc) is 3.72. The van der Waals surface area contributed by atoms with Crippen LogP contribution < -0.4 is 10.6 Å². The van der Waals surface area contributed by atoms with Crippen LogP contribution in [0, 0.1) is 0 Å². The molecule has 2 heterocycles. The molecule has 0 saturated carbocycles. The Labute approximate surface area is 309 Å². The summed E-state index contributed by atoms with van der Waals surface area (Å²) in [7, 11) is 5.80. The molecule has 0 aliphatic carbocycles. The van der Waals surface area contributed by atoms with Crippen molar-refractivity contribution in [1.82, 2.24) is 29.2 Å². The first-order valence-corrected chi connectivity index (χ1v) is 17.9. The zero-order valence-electron chi connectivity index (χ0n) is 30.7. The number of carbonyl (C=O) groups is 4. The second kappa shape index (κ2) is 16.2. The number of aldehydes is 1. The van der Waals surface area contributed by atoms with Crippen molar-refractivity contribution in [3.63, 3.8) is 0 Å². The highest BCUT2D eigenvalue weighted by atomic mass is 16.2. The minimum atomic E-state index is -0.277. The molecule has 5 aromatic rings. The number of rotatable bonds is 16. The summed E-state index contributed by atoms with van der Waals surface area (Å²) in [5.41, 5.74) is 9.43. The average molecular weight is 715 g/mol. The van der Waals surface area contributed by atoms with Gasteiger partial charge in [0.15, 0.2) is 6.29 Å². The number of benzene rings is 4. The van der Waals surface area contributed by atoms with E-state index < -0.39 is 0 Å². The molecule has 1 aromatic heterocycles. The summed E-state index contributed by atoms with van der Waals surface area (Å²) in [5, 5.41) is 2.97. The molecule has 0 fully saturated rings. The number of anilines is 1. The van der Waals surface area contributed by atoms with Gasteiger partial charge in [-0.3, -0.25) is 24.1 Å². The quantitative estimate of drug-likeness (QED) is 0.113. The lowest BCUT2D eigenvalue weighted by Gasteiger charge is -2.29. The third-order valence-corrected chi connectivity index (χ3v) is 10.0. The van der Waals surface area contributed by atoms with E-state index in [4.69, 9.17) is 5.73 Å². The number of nitrogens with two attached hydrogens (primary N) is 1. The summed E-state index contributed by atoms with van der Waals surface area (Å²) in [4.78, 5) is 66.4. The van der Waals surface area contributed by atoms with Crippen molar-refractivity contribution in [1.29, 1.82) is 0 Å². The first-order chi connectivity index (χ1) is 25.7. The second-order valence-electron chi connectivity index (χ2n) is 13.4. The molecule has 274 valence electrons. The highest BCUT2D eigenvalue weighted by Gasteiger charge is 2.33. The molecule has 0 spiro atoms. The van der Waals surface area contributed by atoms with Gasteiger partial charge in [0.2, 0.25) is 0 Å². The molecule has 12 heteroatoms. The lowest BCUT2D eigenvalue weighted by Crippen LogP contribution is -2.44. The molecule has 0 radical (unpaired) electrons. The fourth-order valence-corrected chi connectivity index (χ4v) is 7.10. The molecule has 6 rings (SSSR count). The zero-order chi connectivity index (χ0) is 37.6. The number of hydrogen-bond donors (Lipinski definition) is 1. The van der Waals surface area contributed by atoms with E-state index in [0.717, 1.165) is 47.9 Å². The van der Waals surface area contributed by atoms with Gasteiger partial charge in [-0.15, -0.1) is 0 Å². The largest absolute Gasteiger partial charge is 0.403 e. The van der Waals surface area contributed by atoms with Gasteiger partial charge in [-0.05, 0) is 70.9 Å².